The van der Waals surface area contributed by atoms with Crippen molar-refractivity contribution in [3.8, 4) is 0 Å². The second-order valence-corrected chi connectivity index (χ2v) is 7.39. The number of nitrogens with one attached hydrogen (secondary N) is 1. The van der Waals surface area contributed by atoms with Crippen molar-refractivity contribution in [3.63, 3.8) is 0 Å². The number of pyridine rings is 1. The van der Waals surface area contributed by atoms with E-state index in [9.17, 15) is 9.59 Å². The summed E-state index contributed by atoms with van der Waals surface area (Å²) >= 11 is 1.03. The number of fused-ring (bicyclic) bond motifs is 1. The number of amidine groups is 1. The normalized spacial score (nSPS) is 16.6. The molecule has 1 fully saturated rings. The maximum Gasteiger partial charge on any atom is 0.331 e. The summed E-state index contributed by atoms with van der Waals surface area (Å²) in [4.78, 5) is 27.4. The molecule has 0 unspecified atom stereocenters. The second-order valence-electron chi connectivity index (χ2n) is 6.36. The number of nitrogens with zero attached hydrogens (tertiary/aromatic N) is 4. The van der Waals surface area contributed by atoms with Crippen molar-refractivity contribution >= 4 is 45.9 Å². The summed E-state index contributed by atoms with van der Waals surface area (Å²) in [5, 5.41) is 12.0. The second kappa shape index (κ2) is 8.75. The highest BCUT2D eigenvalue weighted by molar-refractivity contribution is 8.18. The van der Waals surface area contributed by atoms with Crippen molar-refractivity contribution in [2.75, 3.05) is 7.11 Å². The molecule has 1 aliphatic rings. The summed E-state index contributed by atoms with van der Waals surface area (Å²) < 4.78 is 6.68. The molecule has 8 nitrogen and oxygen atoms in total. The fraction of sp³-hybridized carbons (Fsp3) is 0.0952. The predicted octanol–water partition coefficient (Wildman–Crippen LogP) is 2.69. The lowest BCUT2D eigenvalue weighted by Gasteiger charge is -2.05. The van der Waals surface area contributed by atoms with Gasteiger partial charge < -0.3 is 9.30 Å². The molecule has 150 valence electrons. The Hall–Kier alpha value is -3.72. The number of aromatic nitrogens is 2. The van der Waals surface area contributed by atoms with Crippen molar-refractivity contribution < 1.29 is 14.3 Å². The first-order valence-corrected chi connectivity index (χ1v) is 9.82. The number of carbonyl (C=O) groups excluding carboxylic acids is 2. The van der Waals surface area contributed by atoms with Gasteiger partial charge in [-0.2, -0.15) is 5.10 Å². The van der Waals surface area contributed by atoms with E-state index >= 15 is 0 Å². The van der Waals surface area contributed by atoms with Crippen molar-refractivity contribution in [1.82, 2.24) is 14.9 Å². The molecule has 0 spiro atoms. The Bertz CT molecular complexity index is 1200. The SMILES string of the molecule is COC(=O)/C=C1/S/C(=N\N=Cc2ccc3c(ccn3Cc3cccnc3)c2)NC1=O. The molecule has 0 saturated carbocycles. The Morgan fingerprint density at radius 2 is 2.23 bits per heavy atom. The summed E-state index contributed by atoms with van der Waals surface area (Å²) in [6.45, 7) is 0.747. The Morgan fingerprint density at radius 1 is 1.33 bits per heavy atom. The molecule has 0 atom stereocenters. The molecular weight excluding hydrogens is 402 g/mol. The first kappa shape index (κ1) is 19.6. The number of thioether (sulfide) groups is 1. The zero-order valence-electron chi connectivity index (χ0n) is 16.0. The third-order valence-electron chi connectivity index (χ3n) is 4.33. The molecule has 9 heteroatoms. The first-order valence-electron chi connectivity index (χ1n) is 9.00. The number of benzene rings is 1. The fourth-order valence-electron chi connectivity index (χ4n) is 2.91. The fourth-order valence-corrected chi connectivity index (χ4v) is 3.65. The summed E-state index contributed by atoms with van der Waals surface area (Å²) in [6.07, 6.45) is 8.39. The lowest BCUT2D eigenvalue weighted by Crippen LogP contribution is -2.19. The van der Waals surface area contributed by atoms with Gasteiger partial charge in [0.2, 0.25) is 0 Å². The molecule has 1 aliphatic heterocycles. The Morgan fingerprint density at radius 3 is 3.03 bits per heavy atom. The van der Waals surface area contributed by atoms with E-state index in [4.69, 9.17) is 0 Å². The van der Waals surface area contributed by atoms with Crippen LogP contribution in [0.5, 0.6) is 0 Å². The van der Waals surface area contributed by atoms with Gasteiger partial charge in [-0.25, -0.2) is 4.79 Å². The van der Waals surface area contributed by atoms with E-state index in [0.717, 1.165) is 46.4 Å². The minimum absolute atomic E-state index is 0.215. The highest BCUT2D eigenvalue weighted by atomic mass is 32.2. The van der Waals surface area contributed by atoms with Gasteiger partial charge in [0.25, 0.3) is 5.91 Å². The van der Waals surface area contributed by atoms with Crippen LogP contribution in [0.3, 0.4) is 0 Å². The standard InChI is InChI=1S/C21H17N5O3S/c1-29-19(27)10-18-20(28)24-21(30-18)25-23-12-14-4-5-17-16(9-14)6-8-26(17)13-15-3-2-7-22-11-15/h2-12H,13H2,1H3,(H,24,25,28)/b18-10+,23-12?. The van der Waals surface area contributed by atoms with Crippen molar-refractivity contribution in [1.29, 1.82) is 0 Å². The largest absolute Gasteiger partial charge is 0.466 e. The number of amides is 1. The van der Waals surface area contributed by atoms with Crippen LogP contribution in [0.15, 0.2) is 76.2 Å². The monoisotopic (exact) mass is 419 g/mol. The van der Waals surface area contributed by atoms with E-state index in [-0.39, 0.29) is 4.91 Å². The smallest absolute Gasteiger partial charge is 0.331 e. The zero-order chi connectivity index (χ0) is 20.9. The van der Waals surface area contributed by atoms with Gasteiger partial charge in [-0.15, -0.1) is 5.10 Å². The third-order valence-corrected chi connectivity index (χ3v) is 5.23. The number of ether oxygens (including phenoxy) is 1. The number of rotatable bonds is 5. The molecule has 1 aromatic carbocycles. The number of esters is 1. The lowest BCUT2D eigenvalue weighted by atomic mass is 10.2. The molecule has 0 aliphatic carbocycles. The van der Waals surface area contributed by atoms with Gasteiger partial charge in [0.1, 0.15) is 0 Å². The molecule has 30 heavy (non-hydrogen) atoms. The maximum absolute atomic E-state index is 11.8. The van der Waals surface area contributed by atoms with E-state index in [0.29, 0.717) is 5.17 Å². The van der Waals surface area contributed by atoms with Gasteiger partial charge in [-0.3, -0.25) is 15.1 Å². The summed E-state index contributed by atoms with van der Waals surface area (Å²) in [5.41, 5.74) is 3.12. The van der Waals surface area contributed by atoms with Gasteiger partial charge >= 0.3 is 5.97 Å². The summed E-state index contributed by atoms with van der Waals surface area (Å²) in [5.74, 6) is -1.00. The average molecular weight is 419 g/mol. The minimum atomic E-state index is -0.596. The van der Waals surface area contributed by atoms with Gasteiger partial charge in [-0.05, 0) is 47.2 Å². The number of carbonyl (C=O) groups is 2. The highest BCUT2D eigenvalue weighted by Crippen LogP contribution is 2.23. The van der Waals surface area contributed by atoms with Crippen LogP contribution in [-0.2, 0) is 20.9 Å². The predicted molar refractivity (Wildman–Crippen MR) is 116 cm³/mol. The Kier molecular flexibility index (Phi) is 5.71. The van der Waals surface area contributed by atoms with Crippen LogP contribution in [0.25, 0.3) is 10.9 Å². The van der Waals surface area contributed by atoms with Crippen LogP contribution in [0, 0.1) is 0 Å². The molecule has 1 N–H and O–H groups in total. The molecule has 3 aromatic rings. The molecule has 1 amide bonds. The molecule has 1 saturated heterocycles. The van der Waals surface area contributed by atoms with Crippen molar-refractivity contribution in [2.24, 2.45) is 10.2 Å². The molecule has 2 aromatic heterocycles. The highest BCUT2D eigenvalue weighted by Gasteiger charge is 2.24. The number of hydrogen-bond acceptors (Lipinski definition) is 7. The quantitative estimate of drug-likeness (QED) is 0.297. The van der Waals surface area contributed by atoms with Gasteiger partial charge in [-0.1, -0.05) is 12.1 Å². The van der Waals surface area contributed by atoms with Crippen LogP contribution in [-0.4, -0.2) is 39.9 Å². The molecule has 3 heterocycles. The van der Waals surface area contributed by atoms with Crippen LogP contribution in [0.4, 0.5) is 0 Å². The zero-order valence-corrected chi connectivity index (χ0v) is 16.8. The third kappa shape index (κ3) is 4.47. The van der Waals surface area contributed by atoms with E-state index in [1.165, 1.54) is 7.11 Å². The van der Waals surface area contributed by atoms with Gasteiger partial charge in [0, 0.05) is 42.1 Å². The van der Waals surface area contributed by atoms with Crippen LogP contribution in [0.2, 0.25) is 0 Å². The van der Waals surface area contributed by atoms with E-state index in [1.54, 1.807) is 12.4 Å². The molecule has 0 radical (unpaired) electrons. The van der Waals surface area contributed by atoms with Crippen molar-refractivity contribution in [3.05, 3.63) is 77.1 Å². The summed E-state index contributed by atoms with van der Waals surface area (Å²) in [6, 6.07) is 12.0. The molecule has 4 rings (SSSR count). The Balaban J connectivity index is 1.46. The van der Waals surface area contributed by atoms with Gasteiger partial charge in [0.15, 0.2) is 5.17 Å². The maximum atomic E-state index is 11.8. The van der Waals surface area contributed by atoms with Crippen LogP contribution < -0.4 is 5.32 Å². The summed E-state index contributed by atoms with van der Waals surface area (Å²) in [7, 11) is 1.25. The first-order chi connectivity index (χ1) is 14.6. The van der Waals surface area contributed by atoms with Crippen LogP contribution in [0.1, 0.15) is 11.1 Å². The van der Waals surface area contributed by atoms with E-state index in [2.05, 4.69) is 29.8 Å². The molecule has 0 bridgehead atoms. The minimum Gasteiger partial charge on any atom is -0.466 e. The van der Waals surface area contributed by atoms with Gasteiger partial charge in [0.05, 0.1) is 18.2 Å². The van der Waals surface area contributed by atoms with E-state index < -0.39 is 11.9 Å². The Labute approximate surface area is 176 Å². The topological polar surface area (TPSA) is 97.9 Å². The molecular formula is C21H17N5O3S. The number of hydrogen-bond donors (Lipinski definition) is 1. The average Bonchev–Trinajstić information content (AvgIpc) is 3.31. The number of methoxy groups -OCH3 is 1. The van der Waals surface area contributed by atoms with Crippen LogP contribution >= 0.6 is 11.8 Å². The lowest BCUT2D eigenvalue weighted by molar-refractivity contribution is -0.135. The van der Waals surface area contributed by atoms with E-state index in [1.807, 2.05) is 48.8 Å². The van der Waals surface area contributed by atoms with Crippen molar-refractivity contribution in [2.45, 2.75) is 6.54 Å².